The summed E-state index contributed by atoms with van der Waals surface area (Å²) in [6.07, 6.45) is 1.39. The Bertz CT molecular complexity index is 641. The minimum atomic E-state index is -0.0281. The molecule has 114 valence electrons. The maximum Gasteiger partial charge on any atom is 0.227 e. The molecule has 22 heavy (non-hydrogen) atoms. The second-order valence-corrected chi connectivity index (χ2v) is 5.37. The van der Waals surface area contributed by atoms with E-state index in [0.29, 0.717) is 13.0 Å². The number of fused-ring (bicyclic) bond motifs is 1. The average Bonchev–Trinajstić information content (AvgIpc) is 2.56. The van der Waals surface area contributed by atoms with E-state index in [9.17, 15) is 4.79 Å². The van der Waals surface area contributed by atoms with Crippen molar-refractivity contribution in [2.75, 3.05) is 18.5 Å². The van der Waals surface area contributed by atoms with Gasteiger partial charge in [-0.3, -0.25) is 4.79 Å². The third-order valence-corrected chi connectivity index (χ3v) is 3.72. The minimum Gasteiger partial charge on any atom is -0.493 e. The fourth-order valence-electron chi connectivity index (χ4n) is 2.56. The number of nitrogens with one attached hydrogen (secondary N) is 2. The summed E-state index contributed by atoms with van der Waals surface area (Å²) in [4.78, 5) is 12.0. The van der Waals surface area contributed by atoms with Crippen LogP contribution in [0.4, 0.5) is 5.69 Å². The van der Waals surface area contributed by atoms with Gasteiger partial charge in [0.2, 0.25) is 5.91 Å². The first-order valence-corrected chi connectivity index (χ1v) is 7.61. The van der Waals surface area contributed by atoms with Gasteiger partial charge in [-0.1, -0.05) is 24.3 Å². The number of hydrogen-bond acceptors (Lipinski definition) is 3. The predicted octanol–water partition coefficient (Wildman–Crippen LogP) is 2.74. The van der Waals surface area contributed by atoms with Gasteiger partial charge in [0.05, 0.1) is 13.0 Å². The second-order valence-electron chi connectivity index (χ2n) is 5.37. The highest BCUT2D eigenvalue weighted by molar-refractivity contribution is 5.90. The van der Waals surface area contributed by atoms with E-state index in [0.717, 1.165) is 30.9 Å². The summed E-state index contributed by atoms with van der Waals surface area (Å²) in [5, 5.41) is 6.27. The summed E-state index contributed by atoms with van der Waals surface area (Å²) in [5.41, 5.74) is 3.49. The molecule has 0 unspecified atom stereocenters. The van der Waals surface area contributed by atoms with Crippen molar-refractivity contribution in [1.82, 2.24) is 5.32 Å². The van der Waals surface area contributed by atoms with Gasteiger partial charge in [0.1, 0.15) is 5.75 Å². The molecule has 4 heteroatoms. The second kappa shape index (κ2) is 7.09. The van der Waals surface area contributed by atoms with Gasteiger partial charge in [-0.2, -0.15) is 0 Å². The quantitative estimate of drug-likeness (QED) is 0.892. The normalized spacial score (nSPS) is 13.3. The molecule has 1 aliphatic heterocycles. The molecule has 4 nitrogen and oxygen atoms in total. The summed E-state index contributed by atoms with van der Waals surface area (Å²) < 4.78 is 5.53. The van der Waals surface area contributed by atoms with E-state index in [4.69, 9.17) is 4.74 Å². The van der Waals surface area contributed by atoms with Gasteiger partial charge in [0, 0.05) is 12.2 Å². The molecule has 1 amide bonds. The first-order chi connectivity index (χ1) is 10.8. The van der Waals surface area contributed by atoms with E-state index < -0.39 is 0 Å². The molecule has 2 aromatic rings. The Labute approximate surface area is 130 Å². The maximum atomic E-state index is 12.0. The van der Waals surface area contributed by atoms with Crippen LogP contribution in [-0.4, -0.2) is 19.1 Å². The molecule has 0 spiro atoms. The Balaban J connectivity index is 1.49. The van der Waals surface area contributed by atoms with Crippen LogP contribution in [0, 0.1) is 0 Å². The number of carbonyl (C=O) groups excluding carboxylic acids is 1. The molecule has 0 radical (unpaired) electrons. The van der Waals surface area contributed by atoms with Gasteiger partial charge in [-0.25, -0.2) is 0 Å². The van der Waals surface area contributed by atoms with Gasteiger partial charge >= 0.3 is 0 Å². The van der Waals surface area contributed by atoms with Gasteiger partial charge < -0.3 is 15.4 Å². The molecular weight excluding hydrogens is 276 g/mol. The van der Waals surface area contributed by atoms with Crippen LogP contribution in [0.25, 0.3) is 0 Å². The third kappa shape index (κ3) is 3.86. The van der Waals surface area contributed by atoms with E-state index in [2.05, 4.69) is 22.8 Å². The third-order valence-electron chi connectivity index (χ3n) is 3.72. The zero-order valence-electron chi connectivity index (χ0n) is 12.5. The molecule has 0 aliphatic carbocycles. The number of benzene rings is 2. The highest BCUT2D eigenvalue weighted by atomic mass is 16.5. The monoisotopic (exact) mass is 296 g/mol. The van der Waals surface area contributed by atoms with E-state index in [1.165, 1.54) is 11.1 Å². The highest BCUT2D eigenvalue weighted by Crippen LogP contribution is 2.19. The van der Waals surface area contributed by atoms with Crippen LogP contribution in [0.15, 0.2) is 48.5 Å². The molecule has 1 heterocycles. The Morgan fingerprint density at radius 3 is 2.86 bits per heavy atom. The average molecular weight is 296 g/mol. The van der Waals surface area contributed by atoms with Crippen LogP contribution >= 0.6 is 0 Å². The molecule has 3 rings (SSSR count). The number of rotatable bonds is 5. The summed E-state index contributed by atoms with van der Waals surface area (Å²) in [7, 11) is 0. The van der Waals surface area contributed by atoms with Gasteiger partial charge in [-0.05, 0) is 48.4 Å². The number of amides is 1. The first-order valence-electron chi connectivity index (χ1n) is 7.61. The van der Waals surface area contributed by atoms with E-state index >= 15 is 0 Å². The van der Waals surface area contributed by atoms with Crippen LogP contribution < -0.4 is 15.4 Å². The fourth-order valence-corrected chi connectivity index (χ4v) is 2.56. The van der Waals surface area contributed by atoms with Crippen LogP contribution in [0.5, 0.6) is 5.75 Å². The van der Waals surface area contributed by atoms with E-state index in [1.807, 2.05) is 36.4 Å². The largest absolute Gasteiger partial charge is 0.493 e. The predicted molar refractivity (Wildman–Crippen MR) is 87.0 cm³/mol. The van der Waals surface area contributed by atoms with Crippen molar-refractivity contribution in [3.8, 4) is 5.75 Å². The van der Waals surface area contributed by atoms with Crippen LogP contribution in [-0.2, 0) is 17.8 Å². The lowest BCUT2D eigenvalue weighted by molar-refractivity contribution is -0.116. The highest BCUT2D eigenvalue weighted by Gasteiger charge is 2.10. The summed E-state index contributed by atoms with van der Waals surface area (Å²) in [6.45, 7) is 2.27. The molecule has 2 N–H and O–H groups in total. The zero-order valence-corrected chi connectivity index (χ0v) is 12.5. The Morgan fingerprint density at radius 2 is 2.00 bits per heavy atom. The number of anilines is 1. The number of ether oxygens (including phenoxy) is 1. The molecule has 0 aromatic heterocycles. The molecule has 1 aliphatic rings. The Kier molecular flexibility index (Phi) is 4.71. The lowest BCUT2D eigenvalue weighted by Crippen LogP contribution is -2.24. The lowest BCUT2D eigenvalue weighted by Gasteiger charge is -2.18. The van der Waals surface area contributed by atoms with Crippen LogP contribution in [0.1, 0.15) is 17.5 Å². The number of para-hydroxylation sites is 1. The van der Waals surface area contributed by atoms with Crippen LogP contribution in [0.2, 0.25) is 0 Å². The molecule has 0 fully saturated rings. The van der Waals surface area contributed by atoms with Crippen molar-refractivity contribution in [2.24, 2.45) is 0 Å². The molecular formula is C18H20N2O2. The molecule has 0 saturated carbocycles. The van der Waals surface area contributed by atoms with Gasteiger partial charge in [0.25, 0.3) is 0 Å². The smallest absolute Gasteiger partial charge is 0.227 e. The van der Waals surface area contributed by atoms with Crippen molar-refractivity contribution < 1.29 is 9.53 Å². The standard InChI is InChI=1S/C18H20N2O2/c21-18(9-11-22-17-4-2-1-3-5-17)20-16-7-6-14-8-10-19-13-15(14)12-16/h1-7,12,19H,8-11,13H2,(H,20,21). The summed E-state index contributed by atoms with van der Waals surface area (Å²) >= 11 is 0. The number of hydrogen-bond donors (Lipinski definition) is 2. The minimum absolute atomic E-state index is 0.0281. The van der Waals surface area contributed by atoms with E-state index in [-0.39, 0.29) is 5.91 Å². The maximum absolute atomic E-state index is 12.0. The van der Waals surface area contributed by atoms with Crippen molar-refractivity contribution in [3.05, 3.63) is 59.7 Å². The zero-order chi connectivity index (χ0) is 15.2. The van der Waals surface area contributed by atoms with Crippen molar-refractivity contribution in [2.45, 2.75) is 19.4 Å². The van der Waals surface area contributed by atoms with Gasteiger partial charge in [0.15, 0.2) is 0 Å². The topological polar surface area (TPSA) is 50.4 Å². The molecule has 0 saturated heterocycles. The van der Waals surface area contributed by atoms with Gasteiger partial charge in [-0.15, -0.1) is 0 Å². The lowest BCUT2D eigenvalue weighted by atomic mass is 10.0. The number of carbonyl (C=O) groups is 1. The van der Waals surface area contributed by atoms with Crippen LogP contribution in [0.3, 0.4) is 0 Å². The Morgan fingerprint density at radius 1 is 1.14 bits per heavy atom. The first kappa shape index (κ1) is 14.6. The van der Waals surface area contributed by atoms with Crippen molar-refractivity contribution in [1.29, 1.82) is 0 Å². The van der Waals surface area contributed by atoms with Crippen molar-refractivity contribution >= 4 is 11.6 Å². The Hall–Kier alpha value is -2.33. The SMILES string of the molecule is O=C(CCOc1ccccc1)Nc1ccc2c(c1)CNCC2. The molecule has 0 bridgehead atoms. The molecule has 0 atom stereocenters. The molecule has 2 aromatic carbocycles. The summed E-state index contributed by atoms with van der Waals surface area (Å²) in [5.74, 6) is 0.759. The van der Waals surface area contributed by atoms with E-state index in [1.54, 1.807) is 0 Å². The van der Waals surface area contributed by atoms with Crippen molar-refractivity contribution in [3.63, 3.8) is 0 Å². The summed E-state index contributed by atoms with van der Waals surface area (Å²) in [6, 6.07) is 15.7. The fraction of sp³-hybridized carbons (Fsp3) is 0.278.